The molecule has 12 nitrogen and oxygen atoms in total. The number of rotatable bonds is 6. The Balaban J connectivity index is 1.40. The number of nitrogens with zero attached hydrogens (tertiary/aromatic N) is 1. The molecule has 232 valence electrons. The predicted octanol–water partition coefficient (Wildman–Crippen LogP) is 1.63. The van der Waals surface area contributed by atoms with Gasteiger partial charge in [0.25, 0.3) is 0 Å². The first-order valence-corrected chi connectivity index (χ1v) is 15.2. The molecule has 6 unspecified atom stereocenters. The lowest BCUT2D eigenvalue weighted by Gasteiger charge is -2.57. The van der Waals surface area contributed by atoms with E-state index in [1.165, 1.54) is 18.7 Å². The zero-order valence-corrected chi connectivity index (χ0v) is 25.3. The van der Waals surface area contributed by atoms with Crippen LogP contribution >= 0.6 is 11.8 Å². The summed E-state index contributed by atoms with van der Waals surface area (Å²) in [6.45, 7) is 4.35. The molecular formula is C30H35NO11S. The second-order valence-corrected chi connectivity index (χ2v) is 13.0. The molecule has 10 atom stereocenters. The highest BCUT2D eigenvalue weighted by molar-refractivity contribution is 8.00. The third-order valence-corrected chi connectivity index (χ3v) is 10.6. The normalized spacial score (nSPS) is 37.0. The molecule has 5 aliphatic rings. The number of phenols is 1. The highest BCUT2D eigenvalue weighted by Gasteiger charge is 2.65. The van der Waals surface area contributed by atoms with Crippen molar-refractivity contribution in [1.82, 2.24) is 4.90 Å². The number of piperidine rings is 1. The van der Waals surface area contributed by atoms with Crippen LogP contribution in [-0.2, 0) is 54.7 Å². The molecule has 6 rings (SSSR count). The number of likely N-dealkylation sites (tertiary alicyclic amines) is 1. The maximum absolute atomic E-state index is 12.9. The maximum atomic E-state index is 12.9. The molecule has 3 heterocycles. The van der Waals surface area contributed by atoms with Gasteiger partial charge in [0.05, 0.1) is 12.4 Å². The van der Waals surface area contributed by atoms with Gasteiger partial charge in [0.15, 0.2) is 35.9 Å². The third-order valence-electron chi connectivity index (χ3n) is 9.26. The third kappa shape index (κ3) is 4.76. The Morgan fingerprint density at radius 1 is 1.00 bits per heavy atom. The van der Waals surface area contributed by atoms with Crippen LogP contribution in [-0.4, -0.2) is 102 Å². The van der Waals surface area contributed by atoms with Crippen LogP contribution in [0.5, 0.6) is 11.5 Å². The first-order valence-electron chi connectivity index (χ1n) is 14.3. The van der Waals surface area contributed by atoms with Gasteiger partial charge in [-0.1, -0.05) is 18.2 Å². The summed E-state index contributed by atoms with van der Waals surface area (Å²) in [5.74, 6) is -2.30. The summed E-state index contributed by atoms with van der Waals surface area (Å²) < 4.78 is 34.4. The SMILES string of the molecule is COC(=O)[C@H]1OC(SC2C=CC3C4Cc5ccc(O)c6c5C3(CCN4C)C2O6)[C@H](OC(C)=O)[C@@H](OC(C)=O)[C@@H]1OC(C)=O. The number of esters is 4. The van der Waals surface area contributed by atoms with Crippen molar-refractivity contribution in [1.29, 1.82) is 0 Å². The average molecular weight is 618 g/mol. The minimum atomic E-state index is -1.47. The van der Waals surface area contributed by atoms with Crippen molar-refractivity contribution in [3.63, 3.8) is 0 Å². The number of phenolic OH excluding ortho intramolecular Hbond substituents is 1. The van der Waals surface area contributed by atoms with Crippen LogP contribution < -0.4 is 4.74 Å². The van der Waals surface area contributed by atoms with E-state index in [2.05, 4.69) is 18.0 Å². The topological polar surface area (TPSA) is 147 Å². The van der Waals surface area contributed by atoms with E-state index < -0.39 is 65.2 Å². The fourth-order valence-corrected chi connectivity index (χ4v) is 9.16. The predicted molar refractivity (Wildman–Crippen MR) is 150 cm³/mol. The molecule has 2 fully saturated rings. The molecule has 1 spiro atoms. The van der Waals surface area contributed by atoms with Gasteiger partial charge in [0.1, 0.15) is 11.5 Å². The number of thioether (sulfide) groups is 1. The van der Waals surface area contributed by atoms with E-state index in [0.717, 1.165) is 51.5 Å². The monoisotopic (exact) mass is 617 g/mol. The molecule has 0 saturated carbocycles. The number of benzene rings is 1. The molecule has 1 aromatic carbocycles. The van der Waals surface area contributed by atoms with Crippen LogP contribution in [0, 0.1) is 5.92 Å². The Bertz CT molecular complexity index is 1380. The fourth-order valence-electron chi connectivity index (χ4n) is 7.68. The maximum Gasteiger partial charge on any atom is 0.339 e. The first kappa shape index (κ1) is 29.8. The van der Waals surface area contributed by atoms with Gasteiger partial charge in [0.2, 0.25) is 0 Å². The van der Waals surface area contributed by atoms with Crippen molar-refractivity contribution >= 4 is 35.6 Å². The van der Waals surface area contributed by atoms with E-state index >= 15 is 0 Å². The van der Waals surface area contributed by atoms with Crippen molar-refractivity contribution in [3.8, 4) is 11.5 Å². The Hall–Kier alpha value is -3.29. The zero-order chi connectivity index (χ0) is 30.8. The van der Waals surface area contributed by atoms with E-state index in [4.69, 9.17) is 28.4 Å². The van der Waals surface area contributed by atoms with Gasteiger partial charge in [-0.3, -0.25) is 14.4 Å². The molecule has 0 aromatic heterocycles. The minimum absolute atomic E-state index is 0.0824. The fraction of sp³-hybridized carbons (Fsp3) is 0.600. The molecule has 1 N–H and O–H groups in total. The molecule has 2 saturated heterocycles. The standard InChI is InChI=1S/C30H35NO11S/c1-13(32)38-23-24(39-14(2)33)26(40-15(3)34)29(42-25(23)28(36)37-5)43-20-9-7-17-18-12-16-6-8-19(35)22-21(16)30(17,27(20)41-22)10-11-31(18)4/h6-9,17-18,20,23-27,29,35H,10-12H2,1-5H3/t17?,18?,20?,23-,24-,25-,26+,27?,29?,30?/m0/s1. The van der Waals surface area contributed by atoms with E-state index in [1.807, 2.05) is 12.1 Å². The number of hydrogen-bond donors (Lipinski definition) is 1. The molecule has 2 aliphatic carbocycles. The van der Waals surface area contributed by atoms with Crippen molar-refractivity contribution in [3.05, 3.63) is 35.4 Å². The molecule has 13 heteroatoms. The quantitative estimate of drug-likeness (QED) is 0.280. The molecule has 43 heavy (non-hydrogen) atoms. The van der Waals surface area contributed by atoms with E-state index in [1.54, 1.807) is 6.07 Å². The van der Waals surface area contributed by atoms with Crippen LogP contribution in [0.4, 0.5) is 0 Å². The average Bonchev–Trinajstić information content (AvgIpc) is 3.30. The molecule has 0 radical (unpaired) electrons. The Morgan fingerprint density at radius 3 is 2.35 bits per heavy atom. The number of aromatic hydroxyl groups is 1. The second kappa shape index (κ2) is 11.0. The van der Waals surface area contributed by atoms with Gasteiger partial charge in [-0.05, 0) is 38.1 Å². The van der Waals surface area contributed by atoms with Crippen LogP contribution in [0.25, 0.3) is 0 Å². The number of carbonyl (C=O) groups is 4. The molecule has 2 bridgehead atoms. The van der Waals surface area contributed by atoms with Crippen LogP contribution in [0.1, 0.15) is 38.3 Å². The lowest BCUT2D eigenvalue weighted by atomic mass is 9.53. The summed E-state index contributed by atoms with van der Waals surface area (Å²) in [4.78, 5) is 51.9. The lowest BCUT2D eigenvalue weighted by molar-refractivity contribution is -0.235. The van der Waals surface area contributed by atoms with E-state index in [9.17, 15) is 24.3 Å². The zero-order valence-electron chi connectivity index (χ0n) is 24.5. The molecule has 1 aromatic rings. The summed E-state index contributed by atoms with van der Waals surface area (Å²) in [5.41, 5.74) is 0.730. The van der Waals surface area contributed by atoms with Crippen LogP contribution in [0.3, 0.4) is 0 Å². The van der Waals surface area contributed by atoms with Crippen molar-refractivity contribution in [2.45, 2.75) is 86.3 Å². The van der Waals surface area contributed by atoms with Crippen molar-refractivity contribution in [2.24, 2.45) is 5.92 Å². The number of ether oxygens (including phenoxy) is 6. The summed E-state index contributed by atoms with van der Waals surface area (Å²) >= 11 is 1.25. The summed E-state index contributed by atoms with van der Waals surface area (Å²) in [5, 5.41) is 10.5. The van der Waals surface area contributed by atoms with Gasteiger partial charge in [0, 0.05) is 43.7 Å². The van der Waals surface area contributed by atoms with E-state index in [-0.39, 0.29) is 23.0 Å². The molecule has 0 amide bonds. The van der Waals surface area contributed by atoms with E-state index in [0.29, 0.717) is 5.75 Å². The summed E-state index contributed by atoms with van der Waals surface area (Å²) in [6, 6.07) is 3.91. The Morgan fingerprint density at radius 2 is 1.67 bits per heavy atom. The smallest absolute Gasteiger partial charge is 0.339 e. The van der Waals surface area contributed by atoms with Crippen LogP contribution in [0.15, 0.2) is 24.3 Å². The summed E-state index contributed by atoms with van der Waals surface area (Å²) in [7, 11) is 3.29. The Kier molecular flexibility index (Phi) is 7.62. The first-order chi connectivity index (χ1) is 20.5. The van der Waals surface area contributed by atoms with Gasteiger partial charge >= 0.3 is 23.9 Å². The highest BCUT2D eigenvalue weighted by atomic mass is 32.2. The van der Waals surface area contributed by atoms with Gasteiger partial charge in [-0.25, -0.2) is 4.79 Å². The largest absolute Gasteiger partial charge is 0.504 e. The minimum Gasteiger partial charge on any atom is -0.504 e. The second-order valence-electron chi connectivity index (χ2n) is 11.7. The van der Waals surface area contributed by atoms with Gasteiger partial charge in [-0.2, -0.15) is 0 Å². The lowest BCUT2D eigenvalue weighted by Crippen LogP contribution is -2.65. The number of methoxy groups -OCH3 is 1. The Labute approximate surface area is 252 Å². The number of likely N-dealkylation sites (N-methyl/N-ethyl adjacent to an activating group) is 1. The number of carbonyl (C=O) groups excluding carboxylic acids is 4. The van der Waals surface area contributed by atoms with Gasteiger partial charge in [-0.15, -0.1) is 11.8 Å². The molecular weight excluding hydrogens is 582 g/mol. The number of hydrogen-bond acceptors (Lipinski definition) is 13. The summed E-state index contributed by atoms with van der Waals surface area (Å²) in [6.07, 6.45) is -0.0437. The van der Waals surface area contributed by atoms with Crippen molar-refractivity contribution in [2.75, 3.05) is 20.7 Å². The highest BCUT2D eigenvalue weighted by Crippen LogP contribution is 2.63. The van der Waals surface area contributed by atoms with Crippen molar-refractivity contribution < 1.29 is 52.7 Å². The molecule has 3 aliphatic heterocycles. The van der Waals surface area contributed by atoms with Gasteiger partial charge < -0.3 is 38.4 Å². The van der Waals surface area contributed by atoms with Crippen LogP contribution in [0.2, 0.25) is 0 Å².